The number of aryl methyl sites for hydroxylation is 1. The minimum absolute atomic E-state index is 0.0608. The van der Waals surface area contributed by atoms with Gasteiger partial charge in [0.05, 0.1) is 11.2 Å². The maximum atomic E-state index is 12.4. The minimum atomic E-state index is 0.0608. The lowest BCUT2D eigenvalue weighted by molar-refractivity contribution is -0.133. The van der Waals surface area contributed by atoms with Crippen LogP contribution in [-0.4, -0.2) is 38.7 Å². The highest BCUT2D eigenvalue weighted by Crippen LogP contribution is 2.44. The molecule has 1 unspecified atom stereocenters. The molecule has 0 aliphatic carbocycles. The number of pyridine rings is 1. The van der Waals surface area contributed by atoms with Crippen LogP contribution in [0.25, 0.3) is 22.2 Å². The van der Waals surface area contributed by atoms with Crippen molar-refractivity contribution in [2.45, 2.75) is 38.6 Å². The molecule has 0 saturated carbocycles. The molecule has 2 aliphatic rings. The van der Waals surface area contributed by atoms with Crippen LogP contribution in [-0.2, 0) is 16.8 Å². The first kappa shape index (κ1) is 16.5. The van der Waals surface area contributed by atoms with E-state index < -0.39 is 0 Å². The Labute approximate surface area is 159 Å². The van der Waals surface area contributed by atoms with Crippen LogP contribution in [0.4, 0.5) is 0 Å². The third-order valence-corrected chi connectivity index (χ3v) is 6.17. The fourth-order valence-corrected chi connectivity index (χ4v) is 4.65. The van der Waals surface area contributed by atoms with Gasteiger partial charge in [0.25, 0.3) is 0 Å². The molecule has 27 heavy (non-hydrogen) atoms. The maximum Gasteiger partial charge on any atom is 0.225 e. The first-order valence-corrected chi connectivity index (χ1v) is 9.78. The third-order valence-electron chi connectivity index (χ3n) is 6.17. The van der Waals surface area contributed by atoms with E-state index in [0.717, 1.165) is 54.6 Å². The first-order chi connectivity index (χ1) is 13.1. The predicted molar refractivity (Wildman–Crippen MR) is 105 cm³/mol. The molecule has 1 amide bonds. The topological polar surface area (TPSA) is 51.0 Å². The molecule has 1 saturated heterocycles. The van der Waals surface area contributed by atoms with Crippen LogP contribution in [0.15, 0.2) is 42.6 Å². The summed E-state index contributed by atoms with van der Waals surface area (Å²) in [6.07, 6.45) is 4.02. The second-order valence-electron chi connectivity index (χ2n) is 8.25. The van der Waals surface area contributed by atoms with Gasteiger partial charge in [0, 0.05) is 53.8 Å². The van der Waals surface area contributed by atoms with E-state index in [1.165, 1.54) is 5.69 Å². The van der Waals surface area contributed by atoms with Gasteiger partial charge in [0.2, 0.25) is 5.91 Å². The van der Waals surface area contributed by atoms with E-state index in [1.54, 1.807) is 0 Å². The molecule has 5 heteroatoms. The lowest BCUT2D eigenvalue weighted by Gasteiger charge is -2.24. The Bertz CT molecular complexity index is 1040. The fourth-order valence-electron chi connectivity index (χ4n) is 4.65. The molecule has 3 aromatic rings. The van der Waals surface area contributed by atoms with Gasteiger partial charge in [-0.1, -0.05) is 32.0 Å². The molecule has 4 heterocycles. The Morgan fingerprint density at radius 1 is 1.15 bits per heavy atom. The van der Waals surface area contributed by atoms with Crippen LogP contribution in [0.5, 0.6) is 0 Å². The smallest absolute Gasteiger partial charge is 0.225 e. The Hall–Kier alpha value is -2.69. The number of aromatic nitrogens is 3. The normalized spacial score (nSPS) is 21.5. The second kappa shape index (κ2) is 5.91. The Morgan fingerprint density at radius 3 is 2.81 bits per heavy atom. The van der Waals surface area contributed by atoms with Crippen molar-refractivity contribution in [3.63, 3.8) is 0 Å². The maximum absolute atomic E-state index is 12.4. The summed E-state index contributed by atoms with van der Waals surface area (Å²) in [6, 6.07) is 12.5. The van der Waals surface area contributed by atoms with Crippen LogP contribution in [0.2, 0.25) is 0 Å². The lowest BCUT2D eigenvalue weighted by Crippen LogP contribution is -2.35. The summed E-state index contributed by atoms with van der Waals surface area (Å²) in [5.74, 6) is 0.328. The number of hydrogen-bond acceptors (Lipinski definition) is 3. The van der Waals surface area contributed by atoms with E-state index in [4.69, 9.17) is 5.10 Å². The van der Waals surface area contributed by atoms with Gasteiger partial charge in [0.15, 0.2) is 0 Å². The van der Waals surface area contributed by atoms with E-state index in [1.807, 2.05) is 43.1 Å². The summed E-state index contributed by atoms with van der Waals surface area (Å²) in [7, 11) is 0. The largest absolute Gasteiger partial charge is 0.341 e. The zero-order chi connectivity index (χ0) is 18.6. The van der Waals surface area contributed by atoms with Gasteiger partial charge >= 0.3 is 0 Å². The van der Waals surface area contributed by atoms with Crippen molar-refractivity contribution in [2.75, 3.05) is 13.1 Å². The molecule has 5 rings (SSSR count). The Kier molecular flexibility index (Phi) is 3.61. The molecular weight excluding hydrogens is 336 g/mol. The van der Waals surface area contributed by atoms with E-state index in [0.29, 0.717) is 0 Å². The summed E-state index contributed by atoms with van der Waals surface area (Å²) in [6.45, 7) is 6.58. The quantitative estimate of drug-likeness (QED) is 0.701. The van der Waals surface area contributed by atoms with Crippen LogP contribution >= 0.6 is 0 Å². The fraction of sp³-hybridized carbons (Fsp3) is 0.409. The summed E-state index contributed by atoms with van der Waals surface area (Å²) in [5, 5.41) is 6.00. The van der Waals surface area contributed by atoms with Gasteiger partial charge in [0.1, 0.15) is 0 Å². The van der Waals surface area contributed by atoms with Crippen molar-refractivity contribution >= 4 is 16.8 Å². The van der Waals surface area contributed by atoms with E-state index in [2.05, 4.69) is 27.9 Å². The molecule has 1 atom stereocenters. The minimum Gasteiger partial charge on any atom is -0.341 e. The van der Waals surface area contributed by atoms with Crippen molar-refractivity contribution in [1.29, 1.82) is 0 Å². The molecule has 1 spiro atoms. The molecular formula is C22H24N4O. The molecule has 0 N–H and O–H groups in total. The summed E-state index contributed by atoms with van der Waals surface area (Å²) >= 11 is 0. The highest BCUT2D eigenvalue weighted by atomic mass is 16.2. The standard InChI is InChI=1S/C22H24N4O/c1-15(2)21(27)25-9-7-22(14-25)8-10-26-20(22)12-19(24-26)17-11-16-5-3-4-6-18(16)23-13-17/h3-6,11-13,15H,7-10,14H2,1-2H3. The SMILES string of the molecule is CC(C)C(=O)N1CCC2(CCn3nc(-c4cnc5ccccc5c4)cc32)C1. The number of carbonyl (C=O) groups excluding carboxylic acids is 1. The second-order valence-corrected chi connectivity index (χ2v) is 8.25. The molecule has 138 valence electrons. The van der Waals surface area contributed by atoms with Crippen LogP contribution in [0, 0.1) is 5.92 Å². The third kappa shape index (κ3) is 2.56. The number of hydrogen-bond donors (Lipinski definition) is 0. The van der Waals surface area contributed by atoms with Crippen molar-refractivity contribution < 1.29 is 4.79 Å². The van der Waals surface area contributed by atoms with Crippen molar-refractivity contribution in [2.24, 2.45) is 5.92 Å². The van der Waals surface area contributed by atoms with Gasteiger partial charge in [-0.25, -0.2) is 0 Å². The van der Waals surface area contributed by atoms with Gasteiger partial charge in [-0.2, -0.15) is 5.10 Å². The number of benzene rings is 1. The predicted octanol–water partition coefficient (Wildman–Crippen LogP) is 3.63. The molecule has 1 aromatic carbocycles. The highest BCUT2D eigenvalue weighted by molar-refractivity contribution is 5.83. The number of amides is 1. The molecule has 0 radical (unpaired) electrons. The summed E-state index contributed by atoms with van der Waals surface area (Å²) in [4.78, 5) is 19.1. The lowest BCUT2D eigenvalue weighted by atomic mass is 9.82. The zero-order valence-electron chi connectivity index (χ0n) is 15.9. The average molecular weight is 360 g/mol. The molecule has 1 fully saturated rings. The van der Waals surface area contributed by atoms with Crippen molar-refractivity contribution in [3.05, 3.63) is 48.3 Å². The van der Waals surface area contributed by atoms with Crippen molar-refractivity contribution in [3.8, 4) is 11.3 Å². The molecule has 2 aliphatic heterocycles. The van der Waals surface area contributed by atoms with Crippen molar-refractivity contribution in [1.82, 2.24) is 19.7 Å². The zero-order valence-corrected chi connectivity index (χ0v) is 15.9. The number of rotatable bonds is 2. The monoisotopic (exact) mass is 360 g/mol. The number of carbonyl (C=O) groups is 1. The molecule has 5 nitrogen and oxygen atoms in total. The van der Waals surface area contributed by atoms with Crippen LogP contribution in [0.1, 0.15) is 32.4 Å². The van der Waals surface area contributed by atoms with Gasteiger partial charge in [-0.3, -0.25) is 14.5 Å². The van der Waals surface area contributed by atoms with Crippen LogP contribution < -0.4 is 0 Å². The molecule has 0 bridgehead atoms. The average Bonchev–Trinajstić information content (AvgIpc) is 3.38. The first-order valence-electron chi connectivity index (χ1n) is 9.78. The number of para-hydroxylation sites is 1. The number of likely N-dealkylation sites (tertiary alicyclic amines) is 1. The van der Waals surface area contributed by atoms with Crippen LogP contribution in [0.3, 0.4) is 0 Å². The summed E-state index contributed by atoms with van der Waals surface area (Å²) in [5.41, 5.74) is 4.39. The highest BCUT2D eigenvalue weighted by Gasteiger charge is 2.47. The van der Waals surface area contributed by atoms with Gasteiger partial charge < -0.3 is 4.90 Å². The van der Waals surface area contributed by atoms with E-state index in [-0.39, 0.29) is 17.2 Å². The summed E-state index contributed by atoms with van der Waals surface area (Å²) < 4.78 is 2.15. The Morgan fingerprint density at radius 2 is 1.96 bits per heavy atom. The Balaban J connectivity index is 1.48. The van der Waals surface area contributed by atoms with Gasteiger partial charge in [-0.15, -0.1) is 0 Å². The van der Waals surface area contributed by atoms with E-state index >= 15 is 0 Å². The number of nitrogens with zero attached hydrogens (tertiary/aromatic N) is 4. The van der Waals surface area contributed by atoms with E-state index in [9.17, 15) is 4.79 Å². The number of fused-ring (bicyclic) bond motifs is 3. The molecule has 2 aromatic heterocycles. The van der Waals surface area contributed by atoms with Gasteiger partial charge in [-0.05, 0) is 31.0 Å².